The number of benzene rings is 1. The maximum atomic E-state index is 13.6. The molecule has 1 saturated heterocycles. The highest BCUT2D eigenvalue weighted by atomic mass is 32.1. The molecular weight excluding hydrogens is 339 g/mol. The average Bonchev–Trinajstić information content (AvgIpc) is 3.15. The molecule has 1 amide bonds. The molecule has 0 aliphatic carbocycles. The van der Waals surface area contributed by atoms with E-state index in [9.17, 15) is 9.18 Å². The summed E-state index contributed by atoms with van der Waals surface area (Å²) in [5.74, 6) is -0.416. The molecule has 1 aromatic carbocycles. The van der Waals surface area contributed by atoms with Crippen molar-refractivity contribution in [3.8, 4) is 0 Å². The van der Waals surface area contributed by atoms with Crippen molar-refractivity contribution in [1.82, 2.24) is 10.2 Å². The normalized spacial score (nSPS) is 16.8. The summed E-state index contributed by atoms with van der Waals surface area (Å²) in [4.78, 5) is 14.3. The summed E-state index contributed by atoms with van der Waals surface area (Å²) in [6, 6.07) is 8.46. The topological polar surface area (TPSA) is 41.6 Å². The minimum absolute atomic E-state index is 0.0712. The lowest BCUT2D eigenvalue weighted by atomic mass is 10.0. The van der Waals surface area contributed by atoms with Gasteiger partial charge in [-0.1, -0.05) is 12.1 Å². The number of amides is 1. The predicted molar refractivity (Wildman–Crippen MR) is 97.9 cm³/mol. The van der Waals surface area contributed by atoms with E-state index in [4.69, 9.17) is 4.74 Å². The highest BCUT2D eigenvalue weighted by Gasteiger charge is 2.23. The Labute approximate surface area is 150 Å². The average molecular weight is 360 g/mol. The third-order valence-corrected chi connectivity index (χ3v) is 4.86. The lowest BCUT2D eigenvalue weighted by Gasteiger charge is -2.34. The van der Waals surface area contributed by atoms with Crippen LogP contribution in [-0.4, -0.2) is 43.7 Å². The molecule has 1 aromatic heterocycles. The van der Waals surface area contributed by atoms with E-state index in [0.717, 1.165) is 24.2 Å². The van der Waals surface area contributed by atoms with Crippen LogP contribution in [-0.2, 0) is 9.53 Å². The minimum Gasteiger partial charge on any atom is -0.379 e. The van der Waals surface area contributed by atoms with Crippen molar-refractivity contribution in [2.24, 2.45) is 0 Å². The second-order valence-electron chi connectivity index (χ2n) is 5.85. The zero-order valence-corrected chi connectivity index (χ0v) is 14.7. The number of halogens is 1. The summed E-state index contributed by atoms with van der Waals surface area (Å²) >= 11 is 1.59. The van der Waals surface area contributed by atoms with Gasteiger partial charge >= 0.3 is 0 Å². The van der Waals surface area contributed by atoms with Gasteiger partial charge in [-0.15, -0.1) is 0 Å². The van der Waals surface area contributed by atoms with Gasteiger partial charge in [-0.3, -0.25) is 9.69 Å². The van der Waals surface area contributed by atoms with Crippen molar-refractivity contribution < 1.29 is 13.9 Å². The van der Waals surface area contributed by atoms with Crippen LogP contribution < -0.4 is 5.32 Å². The Hall–Kier alpha value is -2.02. The molecule has 0 spiro atoms. The van der Waals surface area contributed by atoms with Gasteiger partial charge < -0.3 is 10.1 Å². The van der Waals surface area contributed by atoms with Crippen LogP contribution in [0, 0.1) is 5.82 Å². The van der Waals surface area contributed by atoms with Gasteiger partial charge in [-0.2, -0.15) is 11.3 Å². The Morgan fingerprint density at radius 2 is 2.20 bits per heavy atom. The zero-order valence-electron chi connectivity index (χ0n) is 13.9. The molecular formula is C19H21FN2O2S. The molecule has 1 fully saturated rings. The smallest absolute Gasteiger partial charge is 0.244 e. The summed E-state index contributed by atoms with van der Waals surface area (Å²) < 4.78 is 19.0. The molecule has 2 heterocycles. The Kier molecular flexibility index (Phi) is 6.33. The van der Waals surface area contributed by atoms with Gasteiger partial charge in [0.1, 0.15) is 5.82 Å². The van der Waals surface area contributed by atoms with E-state index in [0.29, 0.717) is 19.8 Å². The summed E-state index contributed by atoms with van der Waals surface area (Å²) in [5, 5.41) is 6.88. The number of nitrogens with one attached hydrogen (secondary N) is 1. The number of carbonyl (C=O) groups is 1. The van der Waals surface area contributed by atoms with E-state index in [1.165, 1.54) is 18.2 Å². The quantitative estimate of drug-likeness (QED) is 0.805. The number of thiophene rings is 1. The number of morpholine rings is 1. The lowest BCUT2D eigenvalue weighted by Crippen LogP contribution is -2.43. The summed E-state index contributed by atoms with van der Waals surface area (Å²) in [5.41, 5.74) is 1.87. The number of nitrogens with zero attached hydrogens (tertiary/aromatic N) is 1. The molecule has 1 N–H and O–H groups in total. The number of carbonyl (C=O) groups excluding carboxylic acids is 1. The lowest BCUT2D eigenvalue weighted by molar-refractivity contribution is -0.116. The molecule has 1 atom stereocenters. The highest BCUT2D eigenvalue weighted by molar-refractivity contribution is 7.08. The van der Waals surface area contributed by atoms with Gasteiger partial charge in [0, 0.05) is 25.7 Å². The van der Waals surface area contributed by atoms with Crippen LogP contribution in [0.4, 0.5) is 4.39 Å². The molecule has 132 valence electrons. The zero-order chi connectivity index (χ0) is 17.5. The van der Waals surface area contributed by atoms with Crippen LogP contribution in [0.5, 0.6) is 0 Å². The van der Waals surface area contributed by atoms with Crippen LogP contribution in [0.15, 0.2) is 47.2 Å². The van der Waals surface area contributed by atoms with Crippen molar-refractivity contribution in [2.75, 3.05) is 32.8 Å². The SMILES string of the molecule is O=C(/C=C/c1ccsc1)NCC(c1cccc(F)c1)N1CCOCC1. The first-order valence-corrected chi connectivity index (χ1v) is 9.22. The third kappa shape index (κ3) is 5.22. The van der Waals surface area contributed by atoms with E-state index in [2.05, 4.69) is 10.2 Å². The maximum absolute atomic E-state index is 13.6. The first-order chi connectivity index (χ1) is 12.2. The van der Waals surface area contributed by atoms with Crippen molar-refractivity contribution in [1.29, 1.82) is 0 Å². The minimum atomic E-state index is -0.264. The van der Waals surface area contributed by atoms with Crippen LogP contribution in [0.25, 0.3) is 6.08 Å². The van der Waals surface area contributed by atoms with Crippen LogP contribution in [0.3, 0.4) is 0 Å². The van der Waals surface area contributed by atoms with Crippen molar-refractivity contribution >= 4 is 23.3 Å². The number of hydrogen-bond donors (Lipinski definition) is 1. The molecule has 0 bridgehead atoms. The van der Waals surface area contributed by atoms with E-state index in [1.807, 2.05) is 22.9 Å². The van der Waals surface area contributed by atoms with E-state index in [-0.39, 0.29) is 17.8 Å². The molecule has 1 aliphatic heterocycles. The molecule has 6 heteroatoms. The second-order valence-corrected chi connectivity index (χ2v) is 6.63. The Bertz CT molecular complexity index is 712. The largest absolute Gasteiger partial charge is 0.379 e. The summed E-state index contributed by atoms with van der Waals surface area (Å²) in [6.45, 7) is 3.26. The molecule has 2 aromatic rings. The van der Waals surface area contributed by atoms with Gasteiger partial charge in [0.25, 0.3) is 0 Å². The van der Waals surface area contributed by atoms with E-state index in [1.54, 1.807) is 23.5 Å². The van der Waals surface area contributed by atoms with Crippen LogP contribution >= 0.6 is 11.3 Å². The van der Waals surface area contributed by atoms with Gasteiger partial charge in [0.15, 0.2) is 0 Å². The first-order valence-electron chi connectivity index (χ1n) is 8.28. The number of rotatable bonds is 6. The maximum Gasteiger partial charge on any atom is 0.244 e. The number of hydrogen-bond acceptors (Lipinski definition) is 4. The van der Waals surface area contributed by atoms with Gasteiger partial charge in [0.2, 0.25) is 5.91 Å². The molecule has 0 saturated carbocycles. The number of ether oxygens (including phenoxy) is 1. The Morgan fingerprint density at radius 3 is 2.92 bits per heavy atom. The molecule has 25 heavy (non-hydrogen) atoms. The highest BCUT2D eigenvalue weighted by Crippen LogP contribution is 2.22. The third-order valence-electron chi connectivity index (χ3n) is 4.16. The molecule has 4 nitrogen and oxygen atoms in total. The molecule has 1 unspecified atom stereocenters. The fraction of sp³-hybridized carbons (Fsp3) is 0.316. The molecule has 0 radical (unpaired) electrons. The Morgan fingerprint density at radius 1 is 1.36 bits per heavy atom. The van der Waals surface area contributed by atoms with Crippen LogP contribution in [0.1, 0.15) is 17.2 Å². The van der Waals surface area contributed by atoms with Gasteiger partial charge in [0.05, 0.1) is 19.3 Å². The summed E-state index contributed by atoms with van der Waals surface area (Å²) in [7, 11) is 0. The van der Waals surface area contributed by atoms with Crippen molar-refractivity contribution in [3.05, 3.63) is 64.1 Å². The van der Waals surface area contributed by atoms with E-state index < -0.39 is 0 Å². The Balaban J connectivity index is 1.65. The fourth-order valence-corrected chi connectivity index (χ4v) is 3.49. The van der Waals surface area contributed by atoms with Crippen LogP contribution in [0.2, 0.25) is 0 Å². The second kappa shape index (κ2) is 8.89. The predicted octanol–water partition coefficient (Wildman–Crippen LogP) is 3.09. The molecule has 3 rings (SSSR count). The monoisotopic (exact) mass is 360 g/mol. The standard InChI is InChI=1S/C19H21FN2O2S/c20-17-3-1-2-16(12-17)18(22-7-9-24-10-8-22)13-21-19(23)5-4-15-6-11-25-14-15/h1-6,11-12,14,18H,7-10,13H2,(H,21,23)/b5-4+. The molecule has 1 aliphatic rings. The van der Waals surface area contributed by atoms with Gasteiger partial charge in [-0.05, 0) is 46.2 Å². The van der Waals surface area contributed by atoms with Crippen molar-refractivity contribution in [3.63, 3.8) is 0 Å². The van der Waals surface area contributed by atoms with E-state index >= 15 is 0 Å². The van der Waals surface area contributed by atoms with Gasteiger partial charge in [-0.25, -0.2) is 4.39 Å². The summed E-state index contributed by atoms with van der Waals surface area (Å²) in [6.07, 6.45) is 3.32. The fourth-order valence-electron chi connectivity index (χ4n) is 2.86. The first kappa shape index (κ1) is 17.8. The van der Waals surface area contributed by atoms with Crippen molar-refractivity contribution in [2.45, 2.75) is 6.04 Å².